The van der Waals surface area contributed by atoms with Crippen LogP contribution in [0.25, 0.3) is 0 Å². The Kier molecular flexibility index (Phi) is 3.31. The molecular formula is C9H17N5O. The van der Waals surface area contributed by atoms with E-state index in [9.17, 15) is 4.79 Å². The maximum Gasteiger partial charge on any atom is 0.320 e. The Morgan fingerprint density at radius 3 is 2.67 bits per heavy atom. The van der Waals surface area contributed by atoms with E-state index < -0.39 is 6.03 Å². The normalized spacial score (nSPS) is 12.5. The lowest BCUT2D eigenvalue weighted by Crippen LogP contribution is -2.43. The van der Waals surface area contributed by atoms with Crippen LogP contribution in [0.5, 0.6) is 0 Å². The first kappa shape index (κ1) is 11.5. The molecule has 0 fully saturated rings. The number of urea groups is 1. The van der Waals surface area contributed by atoms with Crippen molar-refractivity contribution in [3.05, 3.63) is 11.8 Å². The Hall–Kier alpha value is -1.56. The lowest BCUT2D eigenvalue weighted by Gasteiger charge is -2.21. The highest BCUT2D eigenvalue weighted by Gasteiger charge is 2.17. The second kappa shape index (κ2) is 4.31. The first-order valence-corrected chi connectivity index (χ1v) is 4.75. The first-order chi connectivity index (χ1) is 6.91. The molecule has 1 heterocycles. The minimum absolute atomic E-state index is 0.132. The number of amides is 2. The van der Waals surface area contributed by atoms with E-state index in [1.165, 1.54) is 4.90 Å². The fraction of sp³-hybridized carbons (Fsp3) is 0.556. The van der Waals surface area contributed by atoms with Gasteiger partial charge in [-0.25, -0.2) is 4.79 Å². The van der Waals surface area contributed by atoms with Gasteiger partial charge in [-0.3, -0.25) is 9.58 Å². The topological polar surface area (TPSA) is 90.2 Å². The number of carbonyl (C=O) groups excluding carboxylic acids is 1. The average molecular weight is 211 g/mol. The van der Waals surface area contributed by atoms with Crippen molar-refractivity contribution in [2.24, 2.45) is 18.5 Å². The van der Waals surface area contributed by atoms with Gasteiger partial charge < -0.3 is 11.5 Å². The van der Waals surface area contributed by atoms with E-state index in [2.05, 4.69) is 5.10 Å². The van der Waals surface area contributed by atoms with E-state index in [1.54, 1.807) is 17.8 Å². The monoisotopic (exact) mass is 211 g/mol. The molecule has 0 aliphatic rings. The van der Waals surface area contributed by atoms with E-state index in [0.717, 1.165) is 5.69 Å². The van der Waals surface area contributed by atoms with E-state index in [4.69, 9.17) is 11.5 Å². The van der Waals surface area contributed by atoms with Crippen LogP contribution in [0, 0.1) is 6.92 Å². The van der Waals surface area contributed by atoms with E-state index in [0.29, 0.717) is 12.4 Å². The molecule has 6 nitrogen and oxygen atoms in total. The summed E-state index contributed by atoms with van der Waals surface area (Å²) in [6.45, 7) is 4.06. The van der Waals surface area contributed by atoms with Gasteiger partial charge in [-0.1, -0.05) is 0 Å². The van der Waals surface area contributed by atoms with Gasteiger partial charge in [0, 0.05) is 25.7 Å². The molecular weight excluding hydrogens is 194 g/mol. The predicted molar refractivity (Wildman–Crippen MR) is 58.5 cm³/mol. The Morgan fingerprint density at radius 1 is 1.73 bits per heavy atom. The number of hydrogen-bond donors (Lipinski definition) is 2. The molecule has 6 heteroatoms. The Bertz CT molecular complexity index is 357. The molecule has 2 amide bonds. The van der Waals surface area contributed by atoms with Crippen molar-refractivity contribution in [3.8, 4) is 0 Å². The number of carbonyl (C=O) groups is 1. The van der Waals surface area contributed by atoms with Gasteiger partial charge in [-0.2, -0.15) is 5.10 Å². The number of hydrogen-bond acceptors (Lipinski definition) is 3. The predicted octanol–water partition coefficient (Wildman–Crippen LogP) is -0.0392. The fourth-order valence-electron chi connectivity index (χ4n) is 1.43. The van der Waals surface area contributed by atoms with Gasteiger partial charge in [-0.05, 0) is 13.8 Å². The smallest absolute Gasteiger partial charge is 0.320 e. The average Bonchev–Trinajstić information content (AvgIpc) is 2.40. The molecule has 1 aromatic heterocycles. The number of aryl methyl sites for hydroxylation is 2. The Balaban J connectivity index is 2.98. The summed E-state index contributed by atoms with van der Waals surface area (Å²) in [5.41, 5.74) is 11.8. The maximum absolute atomic E-state index is 11.2. The van der Waals surface area contributed by atoms with Crippen molar-refractivity contribution < 1.29 is 4.79 Å². The van der Waals surface area contributed by atoms with Gasteiger partial charge in [0.15, 0.2) is 0 Å². The summed E-state index contributed by atoms with van der Waals surface area (Å²) in [4.78, 5) is 12.7. The standard InChI is InChI=1S/C9H17N5O/c1-6(10)5-14(9(11)15)8-4-7(2)12-13(8)3/h4,6H,5,10H2,1-3H3,(H2,11,15). The van der Waals surface area contributed by atoms with Gasteiger partial charge in [0.1, 0.15) is 5.82 Å². The summed E-state index contributed by atoms with van der Waals surface area (Å²) < 4.78 is 1.61. The molecule has 1 rings (SSSR count). The molecule has 1 atom stereocenters. The first-order valence-electron chi connectivity index (χ1n) is 4.75. The number of aromatic nitrogens is 2. The minimum Gasteiger partial charge on any atom is -0.351 e. The van der Waals surface area contributed by atoms with Gasteiger partial charge in [-0.15, -0.1) is 0 Å². The number of rotatable bonds is 3. The lowest BCUT2D eigenvalue weighted by molar-refractivity contribution is 0.253. The van der Waals surface area contributed by atoms with Gasteiger partial charge in [0.05, 0.1) is 5.69 Å². The molecule has 4 N–H and O–H groups in total. The van der Waals surface area contributed by atoms with Crippen LogP contribution in [0.4, 0.5) is 10.6 Å². The third kappa shape index (κ3) is 2.69. The number of nitrogens with zero attached hydrogens (tertiary/aromatic N) is 3. The number of primary amides is 1. The van der Waals surface area contributed by atoms with Crippen molar-refractivity contribution in [2.75, 3.05) is 11.4 Å². The molecule has 84 valence electrons. The molecule has 0 aliphatic heterocycles. The highest BCUT2D eigenvalue weighted by Crippen LogP contribution is 2.14. The SMILES string of the molecule is Cc1cc(N(CC(C)N)C(N)=O)n(C)n1. The van der Waals surface area contributed by atoms with Crippen LogP contribution >= 0.6 is 0 Å². The van der Waals surface area contributed by atoms with Crippen molar-refractivity contribution in [2.45, 2.75) is 19.9 Å². The zero-order valence-electron chi connectivity index (χ0n) is 9.27. The molecule has 0 saturated carbocycles. The summed E-state index contributed by atoms with van der Waals surface area (Å²) in [5.74, 6) is 0.664. The number of nitrogens with two attached hydrogens (primary N) is 2. The van der Waals surface area contributed by atoms with Crippen LogP contribution < -0.4 is 16.4 Å². The zero-order chi connectivity index (χ0) is 11.6. The summed E-state index contributed by atoms with van der Waals surface area (Å²) in [6, 6.07) is 1.15. The van der Waals surface area contributed by atoms with E-state index in [-0.39, 0.29) is 6.04 Å². The second-order valence-electron chi connectivity index (χ2n) is 3.69. The van der Waals surface area contributed by atoms with Crippen LogP contribution in [0.15, 0.2) is 6.07 Å². The van der Waals surface area contributed by atoms with Crippen LogP contribution in [-0.4, -0.2) is 28.4 Å². The number of anilines is 1. The highest BCUT2D eigenvalue weighted by molar-refractivity contribution is 5.89. The van der Waals surface area contributed by atoms with Gasteiger partial charge >= 0.3 is 6.03 Å². The summed E-state index contributed by atoms with van der Waals surface area (Å²) >= 11 is 0. The summed E-state index contributed by atoms with van der Waals surface area (Å²) in [5, 5.41) is 4.15. The van der Waals surface area contributed by atoms with Gasteiger partial charge in [0.25, 0.3) is 0 Å². The Labute approximate surface area is 88.8 Å². The van der Waals surface area contributed by atoms with Crippen molar-refractivity contribution >= 4 is 11.8 Å². The van der Waals surface area contributed by atoms with Gasteiger partial charge in [0.2, 0.25) is 0 Å². The van der Waals surface area contributed by atoms with Crippen LogP contribution in [0.3, 0.4) is 0 Å². The van der Waals surface area contributed by atoms with E-state index in [1.807, 2.05) is 13.8 Å². The van der Waals surface area contributed by atoms with Crippen LogP contribution in [0.2, 0.25) is 0 Å². The Morgan fingerprint density at radius 2 is 2.33 bits per heavy atom. The molecule has 0 bridgehead atoms. The molecule has 0 radical (unpaired) electrons. The molecule has 1 aromatic rings. The van der Waals surface area contributed by atoms with Crippen molar-refractivity contribution in [1.29, 1.82) is 0 Å². The molecule has 0 saturated heterocycles. The largest absolute Gasteiger partial charge is 0.351 e. The summed E-state index contributed by atoms with van der Waals surface area (Å²) in [7, 11) is 1.76. The zero-order valence-corrected chi connectivity index (χ0v) is 9.27. The lowest BCUT2D eigenvalue weighted by atomic mass is 10.3. The molecule has 0 aromatic carbocycles. The molecule has 0 aliphatic carbocycles. The summed E-state index contributed by atoms with van der Waals surface area (Å²) in [6.07, 6.45) is 0. The second-order valence-corrected chi connectivity index (χ2v) is 3.69. The molecule has 1 unspecified atom stereocenters. The minimum atomic E-state index is -0.518. The highest BCUT2D eigenvalue weighted by atomic mass is 16.2. The third-order valence-electron chi connectivity index (χ3n) is 1.99. The van der Waals surface area contributed by atoms with E-state index >= 15 is 0 Å². The third-order valence-corrected chi connectivity index (χ3v) is 1.99. The van der Waals surface area contributed by atoms with Crippen molar-refractivity contribution in [3.63, 3.8) is 0 Å². The van der Waals surface area contributed by atoms with Crippen LogP contribution in [-0.2, 0) is 7.05 Å². The molecule has 15 heavy (non-hydrogen) atoms. The van der Waals surface area contributed by atoms with Crippen LogP contribution in [0.1, 0.15) is 12.6 Å². The molecule has 0 spiro atoms. The van der Waals surface area contributed by atoms with Crippen molar-refractivity contribution in [1.82, 2.24) is 9.78 Å². The maximum atomic E-state index is 11.2. The fourth-order valence-corrected chi connectivity index (χ4v) is 1.43. The quantitative estimate of drug-likeness (QED) is 0.735.